The number of hydrogen-bond donors (Lipinski definition) is 2. The third kappa shape index (κ3) is 3.29. The van der Waals surface area contributed by atoms with E-state index in [2.05, 4.69) is 30.8 Å². The lowest BCUT2D eigenvalue weighted by molar-refractivity contribution is 0.387. The van der Waals surface area contributed by atoms with Crippen molar-refractivity contribution < 1.29 is 12.9 Å². The van der Waals surface area contributed by atoms with Gasteiger partial charge in [-0.3, -0.25) is 0 Å². The van der Waals surface area contributed by atoms with Gasteiger partial charge in [-0.25, -0.2) is 13.1 Å². The summed E-state index contributed by atoms with van der Waals surface area (Å²) < 4.78 is 31.7. The Bertz CT molecular complexity index is 747. The lowest BCUT2D eigenvalue weighted by atomic mass is 10.3. The minimum Gasteiger partial charge on any atom is -0.398 e. The highest BCUT2D eigenvalue weighted by atomic mass is 79.9. The van der Waals surface area contributed by atoms with Crippen molar-refractivity contribution >= 4 is 43.2 Å². The molecule has 7 nitrogen and oxygen atoms in total. The molecule has 2 aromatic rings. The molecule has 0 saturated carbocycles. The molecule has 3 N–H and O–H groups in total. The zero-order valence-electron chi connectivity index (χ0n) is 10.2. The predicted molar refractivity (Wildman–Crippen MR) is 76.6 cm³/mol. The number of nitrogens with one attached hydrogen (secondary N) is 1. The minimum absolute atomic E-state index is 0.0530. The Balaban J connectivity index is 2.27. The number of hydrogen-bond acceptors (Lipinski definition) is 6. The van der Waals surface area contributed by atoms with Crippen molar-refractivity contribution in [1.82, 2.24) is 14.9 Å². The Morgan fingerprint density at radius 1 is 1.50 bits per heavy atom. The Morgan fingerprint density at radius 3 is 2.80 bits per heavy atom. The second kappa shape index (κ2) is 5.68. The van der Waals surface area contributed by atoms with E-state index < -0.39 is 10.0 Å². The molecule has 20 heavy (non-hydrogen) atoms. The predicted octanol–water partition coefficient (Wildman–Crippen LogP) is 1.85. The number of nitrogen functional groups attached to an aromatic ring is 1. The van der Waals surface area contributed by atoms with Crippen LogP contribution in [0.15, 0.2) is 26.0 Å². The summed E-state index contributed by atoms with van der Waals surface area (Å²) in [6, 6.07) is 2.75. The highest BCUT2D eigenvalue weighted by Crippen LogP contribution is 2.31. The van der Waals surface area contributed by atoms with Crippen molar-refractivity contribution in [2.45, 2.75) is 18.4 Å². The topological polar surface area (TPSA) is 111 Å². The third-order valence-electron chi connectivity index (χ3n) is 2.31. The molecule has 0 fully saturated rings. The van der Waals surface area contributed by atoms with E-state index >= 15 is 0 Å². The van der Waals surface area contributed by atoms with E-state index in [1.54, 1.807) is 6.92 Å². The Kier molecular flexibility index (Phi) is 4.33. The fourth-order valence-electron chi connectivity index (χ4n) is 1.43. The first-order chi connectivity index (χ1) is 9.29. The van der Waals surface area contributed by atoms with Crippen molar-refractivity contribution in [2.75, 3.05) is 5.73 Å². The van der Waals surface area contributed by atoms with Crippen LogP contribution in [0.2, 0.25) is 5.02 Å². The van der Waals surface area contributed by atoms with Crippen molar-refractivity contribution in [3.8, 4) is 0 Å². The SMILES string of the molecule is Cc1nc(CNS(=O)(=O)c2cc(Cl)cc(N)c2Br)no1. The van der Waals surface area contributed by atoms with Crippen LogP contribution in [0.5, 0.6) is 0 Å². The number of aromatic nitrogens is 2. The molecule has 1 aromatic heterocycles. The minimum atomic E-state index is -3.81. The zero-order valence-corrected chi connectivity index (χ0v) is 13.4. The van der Waals surface area contributed by atoms with Crippen LogP contribution in [0.4, 0.5) is 5.69 Å². The quantitative estimate of drug-likeness (QED) is 0.782. The third-order valence-corrected chi connectivity index (χ3v) is 5.10. The van der Waals surface area contributed by atoms with E-state index in [1.807, 2.05) is 0 Å². The smallest absolute Gasteiger partial charge is 0.242 e. The van der Waals surface area contributed by atoms with Crippen molar-refractivity contribution in [3.05, 3.63) is 33.3 Å². The van der Waals surface area contributed by atoms with Crippen LogP contribution in [0, 0.1) is 6.92 Å². The van der Waals surface area contributed by atoms with E-state index in [1.165, 1.54) is 12.1 Å². The molecular weight excluding hydrogens is 372 g/mol. The van der Waals surface area contributed by atoms with Crippen LogP contribution < -0.4 is 10.5 Å². The zero-order chi connectivity index (χ0) is 14.9. The van der Waals surface area contributed by atoms with E-state index in [4.69, 9.17) is 21.9 Å². The molecule has 0 bridgehead atoms. The Labute approximate surface area is 128 Å². The number of aryl methyl sites for hydroxylation is 1. The maximum Gasteiger partial charge on any atom is 0.242 e. The van der Waals surface area contributed by atoms with Crippen molar-refractivity contribution in [1.29, 1.82) is 0 Å². The number of anilines is 1. The van der Waals surface area contributed by atoms with Gasteiger partial charge in [-0.05, 0) is 28.1 Å². The van der Waals surface area contributed by atoms with Gasteiger partial charge in [0.2, 0.25) is 15.9 Å². The Morgan fingerprint density at radius 2 is 2.20 bits per heavy atom. The summed E-state index contributed by atoms with van der Waals surface area (Å²) in [4.78, 5) is 3.84. The van der Waals surface area contributed by atoms with Gasteiger partial charge in [0.1, 0.15) is 0 Å². The largest absolute Gasteiger partial charge is 0.398 e. The molecule has 0 aliphatic rings. The van der Waals surface area contributed by atoms with Crippen LogP contribution in [0.25, 0.3) is 0 Å². The number of nitrogens with two attached hydrogens (primary N) is 1. The fourth-order valence-corrected chi connectivity index (χ4v) is 3.70. The van der Waals surface area contributed by atoms with E-state index in [0.29, 0.717) is 5.89 Å². The molecule has 0 unspecified atom stereocenters. The number of sulfonamides is 1. The maximum atomic E-state index is 12.2. The normalized spacial score (nSPS) is 11.8. The molecule has 108 valence electrons. The molecule has 0 atom stereocenters. The first-order valence-electron chi connectivity index (χ1n) is 5.33. The molecule has 10 heteroatoms. The molecule has 2 rings (SSSR count). The van der Waals surface area contributed by atoms with Crippen molar-refractivity contribution in [3.63, 3.8) is 0 Å². The average molecular weight is 382 g/mol. The number of benzene rings is 1. The summed E-state index contributed by atoms with van der Waals surface area (Å²) in [5, 5.41) is 3.82. The van der Waals surface area contributed by atoms with E-state index in [9.17, 15) is 8.42 Å². The monoisotopic (exact) mass is 380 g/mol. The lowest BCUT2D eigenvalue weighted by Crippen LogP contribution is -2.24. The van der Waals surface area contributed by atoms with Gasteiger partial charge in [0.15, 0.2) is 5.82 Å². The second-order valence-electron chi connectivity index (χ2n) is 3.86. The van der Waals surface area contributed by atoms with Gasteiger partial charge < -0.3 is 10.3 Å². The molecule has 0 saturated heterocycles. The highest BCUT2D eigenvalue weighted by molar-refractivity contribution is 9.10. The maximum absolute atomic E-state index is 12.2. The summed E-state index contributed by atoms with van der Waals surface area (Å²) in [5.74, 6) is 0.588. The van der Waals surface area contributed by atoms with Crippen LogP contribution in [0.3, 0.4) is 0 Å². The van der Waals surface area contributed by atoms with Gasteiger partial charge in [-0.15, -0.1) is 0 Å². The fraction of sp³-hybridized carbons (Fsp3) is 0.200. The molecule has 0 aliphatic heterocycles. The lowest BCUT2D eigenvalue weighted by Gasteiger charge is -2.09. The Hall–Kier alpha value is -1.16. The highest BCUT2D eigenvalue weighted by Gasteiger charge is 2.20. The van der Waals surface area contributed by atoms with Crippen molar-refractivity contribution in [2.24, 2.45) is 0 Å². The van der Waals surface area contributed by atoms with E-state index in [-0.39, 0.29) is 32.4 Å². The summed E-state index contributed by atoms with van der Waals surface area (Å²) >= 11 is 8.94. The summed E-state index contributed by atoms with van der Waals surface area (Å²) in [7, 11) is -3.81. The molecule has 0 spiro atoms. The van der Waals surface area contributed by atoms with Crippen LogP contribution in [-0.4, -0.2) is 18.6 Å². The van der Waals surface area contributed by atoms with Gasteiger partial charge >= 0.3 is 0 Å². The molecule has 0 radical (unpaired) electrons. The van der Waals surface area contributed by atoms with Gasteiger partial charge in [-0.2, -0.15) is 4.98 Å². The van der Waals surface area contributed by atoms with Gasteiger partial charge in [0, 0.05) is 17.6 Å². The number of nitrogens with zero attached hydrogens (tertiary/aromatic N) is 2. The number of halogens is 2. The van der Waals surface area contributed by atoms with E-state index in [0.717, 1.165) is 0 Å². The van der Waals surface area contributed by atoms with Crippen LogP contribution >= 0.6 is 27.5 Å². The van der Waals surface area contributed by atoms with Crippen LogP contribution in [-0.2, 0) is 16.6 Å². The molecule has 1 heterocycles. The first-order valence-corrected chi connectivity index (χ1v) is 7.98. The first kappa shape index (κ1) is 15.2. The molecular formula is C10H10BrClN4O3S. The summed E-state index contributed by atoms with van der Waals surface area (Å²) in [6.07, 6.45) is 0. The van der Waals surface area contributed by atoms with Gasteiger partial charge in [-0.1, -0.05) is 16.8 Å². The average Bonchev–Trinajstić information content (AvgIpc) is 2.77. The molecule has 1 aromatic carbocycles. The standard InChI is InChI=1S/C10H10BrClN4O3S/c1-5-15-9(16-19-5)4-14-20(17,18)8-3-6(12)2-7(13)10(8)11/h2-3,14H,4,13H2,1H3. The molecule has 0 amide bonds. The van der Waals surface area contributed by atoms with Gasteiger partial charge in [0.25, 0.3) is 0 Å². The van der Waals surface area contributed by atoms with Crippen LogP contribution in [0.1, 0.15) is 11.7 Å². The molecule has 0 aliphatic carbocycles. The summed E-state index contributed by atoms with van der Waals surface area (Å²) in [5.41, 5.74) is 5.90. The second-order valence-corrected chi connectivity index (χ2v) is 6.83. The number of rotatable bonds is 4. The summed E-state index contributed by atoms with van der Waals surface area (Å²) in [6.45, 7) is 1.51. The van der Waals surface area contributed by atoms with Gasteiger partial charge in [0.05, 0.1) is 15.9 Å².